The van der Waals surface area contributed by atoms with Crippen molar-refractivity contribution in [2.24, 2.45) is 5.92 Å². The van der Waals surface area contributed by atoms with Crippen LogP contribution < -0.4 is 0 Å². The van der Waals surface area contributed by atoms with Crippen LogP contribution in [0.4, 0.5) is 4.39 Å². The van der Waals surface area contributed by atoms with Gasteiger partial charge in [0.05, 0.1) is 7.11 Å². The van der Waals surface area contributed by atoms with Crippen molar-refractivity contribution in [3.8, 4) is 0 Å². The molecule has 0 aromatic heterocycles. The van der Waals surface area contributed by atoms with E-state index in [9.17, 15) is 14.3 Å². The monoisotopic (exact) mass is 281 g/mol. The van der Waals surface area contributed by atoms with Crippen LogP contribution in [0.5, 0.6) is 0 Å². The maximum atomic E-state index is 14.0. The highest BCUT2D eigenvalue weighted by Crippen LogP contribution is 2.46. The third-order valence-electron chi connectivity index (χ3n) is 4.39. The number of rotatable bonds is 3. The molecule has 2 rings (SSSR count). The first-order valence-corrected chi connectivity index (χ1v) is 6.62. The van der Waals surface area contributed by atoms with Crippen molar-refractivity contribution < 1.29 is 19.0 Å². The lowest BCUT2D eigenvalue weighted by Crippen LogP contribution is -2.47. The molecular weight excluding hydrogens is 261 g/mol. The zero-order chi connectivity index (χ0) is 14.9. The largest absolute Gasteiger partial charge is 0.468 e. The summed E-state index contributed by atoms with van der Waals surface area (Å²) in [5.41, 5.74) is -0.351. The van der Waals surface area contributed by atoms with E-state index in [0.29, 0.717) is 12.0 Å². The number of halogens is 1. The van der Waals surface area contributed by atoms with Gasteiger partial charge in [0.2, 0.25) is 0 Å². The Morgan fingerprint density at radius 1 is 1.55 bits per heavy atom. The lowest BCUT2D eigenvalue weighted by molar-refractivity contribution is -0.152. The number of nitrogens with zero attached hydrogens (tertiary/aromatic N) is 1. The Bertz CT molecular complexity index is 508. The zero-order valence-corrected chi connectivity index (χ0v) is 12.0. The summed E-state index contributed by atoms with van der Waals surface area (Å²) in [4.78, 5) is 13.8. The third-order valence-corrected chi connectivity index (χ3v) is 4.39. The number of methoxy groups -OCH3 is 1. The molecule has 5 heteroatoms. The fourth-order valence-electron chi connectivity index (χ4n) is 3.18. The van der Waals surface area contributed by atoms with Crippen molar-refractivity contribution in [1.82, 2.24) is 4.90 Å². The molecule has 0 radical (unpaired) electrons. The van der Waals surface area contributed by atoms with Gasteiger partial charge in [0.15, 0.2) is 0 Å². The quantitative estimate of drug-likeness (QED) is 0.858. The summed E-state index contributed by atoms with van der Waals surface area (Å²) in [7, 11) is 3.11. The second kappa shape index (κ2) is 5.50. The Labute approximate surface area is 118 Å². The van der Waals surface area contributed by atoms with Crippen molar-refractivity contribution in [2.45, 2.75) is 24.9 Å². The van der Waals surface area contributed by atoms with Gasteiger partial charge in [-0.3, -0.25) is 9.69 Å². The molecule has 110 valence electrons. The van der Waals surface area contributed by atoms with Gasteiger partial charge < -0.3 is 9.84 Å². The minimum absolute atomic E-state index is 0.101. The van der Waals surface area contributed by atoms with Crippen LogP contribution in [-0.4, -0.2) is 42.3 Å². The number of esters is 1. The predicted molar refractivity (Wildman–Crippen MR) is 72.5 cm³/mol. The average Bonchev–Trinajstić information content (AvgIpc) is 2.72. The van der Waals surface area contributed by atoms with Gasteiger partial charge in [-0.1, -0.05) is 18.2 Å². The molecule has 3 atom stereocenters. The minimum atomic E-state index is -0.852. The lowest BCUT2D eigenvalue weighted by Gasteiger charge is -2.33. The molecule has 0 unspecified atom stereocenters. The topological polar surface area (TPSA) is 49.8 Å². The number of ether oxygens (including phenoxy) is 1. The van der Waals surface area contributed by atoms with E-state index >= 15 is 0 Å². The van der Waals surface area contributed by atoms with Crippen LogP contribution in [0.2, 0.25) is 0 Å². The standard InChI is InChI=1S/C15H20FNO3/c1-15(14(19)20-3)8-10(9-18)13(17(15)2)11-6-4-5-7-12(11)16/h4-7,10,13,18H,8-9H2,1-3H3/t10-,13-,15+/m0/s1. The van der Waals surface area contributed by atoms with Crippen LogP contribution >= 0.6 is 0 Å². The number of aliphatic hydroxyl groups excluding tert-OH is 1. The maximum absolute atomic E-state index is 14.0. The summed E-state index contributed by atoms with van der Waals surface area (Å²) in [6, 6.07) is 6.13. The molecular formula is C15H20FNO3. The molecule has 1 aliphatic heterocycles. The van der Waals surface area contributed by atoms with Crippen molar-refractivity contribution in [2.75, 3.05) is 20.8 Å². The molecule has 0 spiro atoms. The smallest absolute Gasteiger partial charge is 0.326 e. The number of benzene rings is 1. The molecule has 4 nitrogen and oxygen atoms in total. The lowest BCUT2D eigenvalue weighted by atomic mass is 9.90. The molecule has 0 saturated carbocycles. The van der Waals surface area contributed by atoms with E-state index in [1.165, 1.54) is 13.2 Å². The molecule has 0 aliphatic carbocycles. The number of likely N-dealkylation sites (N-methyl/N-ethyl adjacent to an activating group) is 1. The van der Waals surface area contributed by atoms with Gasteiger partial charge in [0, 0.05) is 24.1 Å². The highest BCUT2D eigenvalue weighted by Gasteiger charge is 2.52. The molecule has 1 N–H and O–H groups in total. The Balaban J connectivity index is 2.43. The van der Waals surface area contributed by atoms with Crippen LogP contribution in [0, 0.1) is 11.7 Å². The van der Waals surface area contributed by atoms with Gasteiger partial charge in [-0.15, -0.1) is 0 Å². The van der Waals surface area contributed by atoms with Crippen molar-refractivity contribution in [3.63, 3.8) is 0 Å². The molecule has 1 fully saturated rings. The van der Waals surface area contributed by atoms with E-state index in [-0.39, 0.29) is 30.4 Å². The molecule has 20 heavy (non-hydrogen) atoms. The van der Waals surface area contributed by atoms with Crippen LogP contribution in [0.15, 0.2) is 24.3 Å². The molecule has 1 heterocycles. The molecule has 0 amide bonds. The van der Waals surface area contributed by atoms with Gasteiger partial charge in [-0.05, 0) is 26.5 Å². The first-order chi connectivity index (χ1) is 9.45. The van der Waals surface area contributed by atoms with E-state index < -0.39 is 5.54 Å². The molecule has 1 aliphatic rings. The van der Waals surface area contributed by atoms with E-state index in [2.05, 4.69) is 0 Å². The fourth-order valence-corrected chi connectivity index (χ4v) is 3.18. The highest BCUT2D eigenvalue weighted by atomic mass is 19.1. The van der Waals surface area contributed by atoms with Gasteiger partial charge in [-0.25, -0.2) is 4.39 Å². The first kappa shape index (κ1) is 14.9. The van der Waals surface area contributed by atoms with E-state index in [1.54, 1.807) is 37.1 Å². The SMILES string of the molecule is COC(=O)[C@@]1(C)C[C@@H](CO)[C@@H](c2ccccc2F)N1C. The Morgan fingerprint density at radius 3 is 2.75 bits per heavy atom. The number of aliphatic hydroxyl groups is 1. The van der Waals surface area contributed by atoms with Crippen molar-refractivity contribution in [1.29, 1.82) is 0 Å². The number of hydrogen-bond donors (Lipinski definition) is 1. The Hall–Kier alpha value is -1.46. The normalized spacial score (nSPS) is 30.4. The maximum Gasteiger partial charge on any atom is 0.326 e. The summed E-state index contributed by atoms with van der Waals surface area (Å²) in [6.45, 7) is 1.66. The van der Waals surface area contributed by atoms with Gasteiger partial charge >= 0.3 is 5.97 Å². The van der Waals surface area contributed by atoms with Gasteiger partial charge in [0.1, 0.15) is 11.4 Å². The summed E-state index contributed by atoms with van der Waals surface area (Å²) < 4.78 is 18.9. The van der Waals surface area contributed by atoms with Gasteiger partial charge in [-0.2, -0.15) is 0 Å². The summed E-state index contributed by atoms with van der Waals surface area (Å²) in [5, 5.41) is 9.59. The van der Waals surface area contributed by atoms with Crippen LogP contribution in [0.3, 0.4) is 0 Å². The number of likely N-dealkylation sites (tertiary alicyclic amines) is 1. The summed E-state index contributed by atoms with van der Waals surface area (Å²) >= 11 is 0. The van der Waals surface area contributed by atoms with Gasteiger partial charge in [0.25, 0.3) is 0 Å². The highest BCUT2D eigenvalue weighted by molar-refractivity contribution is 5.80. The minimum Gasteiger partial charge on any atom is -0.468 e. The summed E-state index contributed by atoms with van der Waals surface area (Å²) in [5.74, 6) is -0.893. The van der Waals surface area contributed by atoms with E-state index in [0.717, 1.165) is 0 Å². The van der Waals surface area contributed by atoms with Crippen molar-refractivity contribution in [3.05, 3.63) is 35.6 Å². The predicted octanol–water partition coefficient (Wildman–Crippen LogP) is 1.74. The second-order valence-electron chi connectivity index (χ2n) is 5.49. The number of carbonyl (C=O) groups excluding carboxylic acids is 1. The zero-order valence-electron chi connectivity index (χ0n) is 12.0. The molecule has 0 bridgehead atoms. The van der Waals surface area contributed by atoms with E-state index in [1.807, 2.05) is 0 Å². The summed E-state index contributed by atoms with van der Waals surface area (Å²) in [6.07, 6.45) is 0.436. The Kier molecular flexibility index (Phi) is 4.11. The molecule has 1 aromatic rings. The Morgan fingerprint density at radius 2 is 2.20 bits per heavy atom. The van der Waals surface area contributed by atoms with Crippen LogP contribution in [0.25, 0.3) is 0 Å². The molecule has 1 saturated heterocycles. The first-order valence-electron chi connectivity index (χ1n) is 6.62. The number of carbonyl (C=O) groups is 1. The molecule has 1 aromatic carbocycles. The fraction of sp³-hybridized carbons (Fsp3) is 0.533. The average molecular weight is 281 g/mol. The van der Waals surface area contributed by atoms with Crippen LogP contribution in [-0.2, 0) is 9.53 Å². The van der Waals surface area contributed by atoms with E-state index in [4.69, 9.17) is 4.74 Å². The number of hydrogen-bond acceptors (Lipinski definition) is 4. The van der Waals surface area contributed by atoms with Crippen molar-refractivity contribution >= 4 is 5.97 Å². The van der Waals surface area contributed by atoms with Crippen LogP contribution in [0.1, 0.15) is 24.9 Å². The second-order valence-corrected chi connectivity index (χ2v) is 5.49. The third kappa shape index (κ3) is 2.21.